The number of anilines is 1. The predicted molar refractivity (Wildman–Crippen MR) is 110 cm³/mol. The van der Waals surface area contributed by atoms with Crippen molar-refractivity contribution in [2.75, 3.05) is 11.4 Å². The van der Waals surface area contributed by atoms with Gasteiger partial charge in [-0.25, -0.2) is 4.98 Å². The van der Waals surface area contributed by atoms with Gasteiger partial charge >= 0.3 is 0 Å². The second kappa shape index (κ2) is 7.18. The van der Waals surface area contributed by atoms with Gasteiger partial charge in [0.05, 0.1) is 11.0 Å². The normalized spacial score (nSPS) is 17.2. The van der Waals surface area contributed by atoms with Crippen LogP contribution >= 0.6 is 0 Å². The SMILES string of the molecule is CCCCn1c([C@@H]2CC(=O)N(c3cc(C)cc(C)c3)C2)nc2ccccc21. The van der Waals surface area contributed by atoms with E-state index >= 15 is 0 Å². The molecule has 3 aromatic rings. The van der Waals surface area contributed by atoms with E-state index in [0.29, 0.717) is 13.0 Å². The molecule has 1 fully saturated rings. The first-order valence-electron chi connectivity index (χ1n) is 9.90. The number of unbranched alkanes of at least 4 members (excludes halogenated alkanes) is 1. The van der Waals surface area contributed by atoms with Crippen molar-refractivity contribution >= 4 is 22.6 Å². The van der Waals surface area contributed by atoms with Crippen LogP contribution in [0.2, 0.25) is 0 Å². The summed E-state index contributed by atoms with van der Waals surface area (Å²) in [6.45, 7) is 8.04. The Bertz CT molecular complexity index is 968. The molecule has 0 spiro atoms. The monoisotopic (exact) mass is 361 g/mol. The van der Waals surface area contributed by atoms with E-state index in [9.17, 15) is 4.79 Å². The lowest BCUT2D eigenvalue weighted by atomic mass is 10.1. The lowest BCUT2D eigenvalue weighted by Gasteiger charge is -2.18. The fraction of sp³-hybridized carbons (Fsp3) is 0.391. The van der Waals surface area contributed by atoms with Gasteiger partial charge in [-0.1, -0.05) is 31.5 Å². The highest BCUT2D eigenvalue weighted by molar-refractivity contribution is 5.96. The van der Waals surface area contributed by atoms with Crippen LogP contribution in [0.25, 0.3) is 11.0 Å². The summed E-state index contributed by atoms with van der Waals surface area (Å²) in [6.07, 6.45) is 2.79. The maximum Gasteiger partial charge on any atom is 0.227 e. The van der Waals surface area contributed by atoms with Gasteiger partial charge in [-0.15, -0.1) is 0 Å². The van der Waals surface area contributed by atoms with Crippen LogP contribution in [0.1, 0.15) is 49.1 Å². The molecule has 1 amide bonds. The molecule has 1 aromatic heterocycles. The number of carbonyl (C=O) groups is 1. The third kappa shape index (κ3) is 3.36. The number of aryl methyl sites for hydroxylation is 3. The molecule has 0 radical (unpaired) electrons. The summed E-state index contributed by atoms with van der Waals surface area (Å²) >= 11 is 0. The van der Waals surface area contributed by atoms with Crippen molar-refractivity contribution in [2.45, 2.75) is 52.5 Å². The maximum atomic E-state index is 12.8. The zero-order valence-electron chi connectivity index (χ0n) is 16.4. The standard InChI is InChI=1S/C23H27N3O/c1-4-5-10-25-21-9-7-6-8-20(21)24-23(25)18-14-22(27)26(15-18)19-12-16(2)11-17(3)13-19/h6-9,11-13,18H,4-5,10,14-15H2,1-3H3/t18-/m1/s1. The molecule has 4 nitrogen and oxygen atoms in total. The second-order valence-electron chi connectivity index (χ2n) is 7.72. The number of benzene rings is 2. The Morgan fingerprint density at radius 3 is 2.59 bits per heavy atom. The van der Waals surface area contributed by atoms with Gasteiger partial charge in [0.2, 0.25) is 5.91 Å². The van der Waals surface area contributed by atoms with Gasteiger partial charge in [0.1, 0.15) is 5.82 Å². The number of imidazole rings is 1. The van der Waals surface area contributed by atoms with Crippen molar-refractivity contribution in [2.24, 2.45) is 0 Å². The molecule has 0 saturated carbocycles. The third-order valence-electron chi connectivity index (χ3n) is 5.43. The minimum absolute atomic E-state index is 0.141. The minimum Gasteiger partial charge on any atom is -0.328 e. The molecule has 4 rings (SSSR count). The summed E-state index contributed by atoms with van der Waals surface area (Å²) in [6, 6.07) is 14.7. The van der Waals surface area contributed by atoms with Crippen LogP contribution in [0.3, 0.4) is 0 Å². The number of fused-ring (bicyclic) bond motifs is 1. The maximum absolute atomic E-state index is 12.8. The Labute approximate surface area is 160 Å². The number of carbonyl (C=O) groups excluding carboxylic acids is 1. The van der Waals surface area contributed by atoms with E-state index in [4.69, 9.17) is 4.98 Å². The number of rotatable bonds is 5. The Kier molecular flexibility index (Phi) is 4.73. The van der Waals surface area contributed by atoms with Gasteiger partial charge in [0.15, 0.2) is 0 Å². The summed E-state index contributed by atoms with van der Waals surface area (Å²) in [4.78, 5) is 19.7. The fourth-order valence-electron chi connectivity index (χ4n) is 4.19. The molecule has 140 valence electrons. The highest BCUT2D eigenvalue weighted by Crippen LogP contribution is 2.34. The van der Waals surface area contributed by atoms with E-state index in [1.165, 1.54) is 16.6 Å². The van der Waals surface area contributed by atoms with Gasteiger partial charge in [0.25, 0.3) is 0 Å². The van der Waals surface area contributed by atoms with Gasteiger partial charge in [-0.05, 0) is 55.7 Å². The Hall–Kier alpha value is -2.62. The second-order valence-corrected chi connectivity index (χ2v) is 7.72. The van der Waals surface area contributed by atoms with Crippen LogP contribution in [-0.4, -0.2) is 22.0 Å². The van der Waals surface area contributed by atoms with Gasteiger partial charge < -0.3 is 9.47 Å². The van der Waals surface area contributed by atoms with E-state index in [1.54, 1.807) is 0 Å². The molecule has 1 atom stereocenters. The smallest absolute Gasteiger partial charge is 0.227 e. The first kappa shape index (κ1) is 17.8. The molecule has 0 unspecified atom stereocenters. The van der Waals surface area contributed by atoms with Crippen LogP contribution in [0.15, 0.2) is 42.5 Å². The largest absolute Gasteiger partial charge is 0.328 e. The molecule has 0 bridgehead atoms. The summed E-state index contributed by atoms with van der Waals surface area (Å²) in [5, 5.41) is 0. The van der Waals surface area contributed by atoms with Gasteiger partial charge in [-0.3, -0.25) is 4.79 Å². The van der Waals surface area contributed by atoms with Crippen LogP contribution in [0.4, 0.5) is 5.69 Å². The van der Waals surface area contributed by atoms with Crippen LogP contribution in [0.5, 0.6) is 0 Å². The number of amides is 1. The number of nitrogens with zero attached hydrogens (tertiary/aromatic N) is 3. The fourth-order valence-corrected chi connectivity index (χ4v) is 4.19. The van der Waals surface area contributed by atoms with E-state index in [1.807, 2.05) is 11.0 Å². The first-order valence-corrected chi connectivity index (χ1v) is 9.90. The molecule has 4 heteroatoms. The highest BCUT2D eigenvalue weighted by Gasteiger charge is 2.34. The number of hydrogen-bond donors (Lipinski definition) is 0. The Morgan fingerprint density at radius 2 is 1.85 bits per heavy atom. The highest BCUT2D eigenvalue weighted by atomic mass is 16.2. The molecular weight excluding hydrogens is 334 g/mol. The van der Waals surface area contributed by atoms with Crippen molar-refractivity contribution in [3.05, 3.63) is 59.4 Å². The first-order chi connectivity index (χ1) is 13.1. The van der Waals surface area contributed by atoms with Gasteiger partial charge in [-0.2, -0.15) is 0 Å². The zero-order chi connectivity index (χ0) is 19.0. The molecule has 1 saturated heterocycles. The lowest BCUT2D eigenvalue weighted by molar-refractivity contribution is -0.117. The van der Waals surface area contributed by atoms with Gasteiger partial charge in [0, 0.05) is 31.1 Å². The number of aromatic nitrogens is 2. The molecular formula is C23H27N3O. The lowest BCUT2D eigenvalue weighted by Crippen LogP contribution is -2.24. The predicted octanol–water partition coefficient (Wildman–Crippen LogP) is 4.97. The van der Waals surface area contributed by atoms with Crippen molar-refractivity contribution in [1.29, 1.82) is 0 Å². The molecule has 27 heavy (non-hydrogen) atoms. The third-order valence-corrected chi connectivity index (χ3v) is 5.43. The quantitative estimate of drug-likeness (QED) is 0.643. The minimum atomic E-state index is 0.141. The average Bonchev–Trinajstić information content (AvgIpc) is 3.19. The molecule has 1 aliphatic rings. The zero-order valence-corrected chi connectivity index (χ0v) is 16.4. The number of hydrogen-bond acceptors (Lipinski definition) is 2. The van der Waals surface area contributed by atoms with Crippen molar-refractivity contribution in [3.8, 4) is 0 Å². The molecule has 1 aliphatic heterocycles. The van der Waals surface area contributed by atoms with E-state index in [2.05, 4.69) is 61.7 Å². The number of para-hydroxylation sites is 2. The summed E-state index contributed by atoms with van der Waals surface area (Å²) < 4.78 is 2.34. The topological polar surface area (TPSA) is 38.1 Å². The summed E-state index contributed by atoms with van der Waals surface area (Å²) in [5.74, 6) is 1.39. The van der Waals surface area contributed by atoms with Crippen LogP contribution < -0.4 is 4.90 Å². The molecule has 2 heterocycles. The Balaban J connectivity index is 1.69. The van der Waals surface area contributed by atoms with E-state index in [-0.39, 0.29) is 11.8 Å². The van der Waals surface area contributed by atoms with Crippen LogP contribution in [-0.2, 0) is 11.3 Å². The molecule has 0 N–H and O–H groups in total. The average molecular weight is 361 g/mol. The van der Waals surface area contributed by atoms with Crippen LogP contribution in [0, 0.1) is 13.8 Å². The molecule has 2 aromatic carbocycles. The Morgan fingerprint density at radius 1 is 1.11 bits per heavy atom. The van der Waals surface area contributed by atoms with E-state index < -0.39 is 0 Å². The van der Waals surface area contributed by atoms with Crippen molar-refractivity contribution < 1.29 is 4.79 Å². The van der Waals surface area contributed by atoms with E-state index in [0.717, 1.165) is 36.4 Å². The summed E-state index contributed by atoms with van der Waals surface area (Å²) in [5.41, 5.74) is 5.60. The van der Waals surface area contributed by atoms with Crippen molar-refractivity contribution in [3.63, 3.8) is 0 Å². The van der Waals surface area contributed by atoms with Crippen molar-refractivity contribution in [1.82, 2.24) is 9.55 Å². The summed E-state index contributed by atoms with van der Waals surface area (Å²) in [7, 11) is 0. The molecule has 0 aliphatic carbocycles.